The Bertz CT molecular complexity index is 253. The van der Waals surface area contributed by atoms with Crippen molar-refractivity contribution in [3.8, 4) is 0 Å². The van der Waals surface area contributed by atoms with Gasteiger partial charge in [-0.2, -0.15) is 0 Å². The van der Waals surface area contributed by atoms with E-state index in [2.05, 4.69) is 44.4 Å². The van der Waals surface area contributed by atoms with E-state index < -0.39 is 0 Å². The van der Waals surface area contributed by atoms with E-state index >= 15 is 0 Å². The molecule has 0 aromatic carbocycles. The first-order valence-electron chi connectivity index (χ1n) is 7.82. The van der Waals surface area contributed by atoms with Gasteiger partial charge in [0.05, 0.1) is 0 Å². The van der Waals surface area contributed by atoms with Gasteiger partial charge in [-0.25, -0.2) is 0 Å². The minimum atomic E-state index is 0.511. The Balaban J connectivity index is 1.66. The first-order valence-corrected chi connectivity index (χ1v) is 7.82. The van der Waals surface area contributed by atoms with Crippen LogP contribution in [0.5, 0.6) is 0 Å². The molecule has 0 amide bonds. The van der Waals surface area contributed by atoms with Crippen molar-refractivity contribution >= 4 is 0 Å². The summed E-state index contributed by atoms with van der Waals surface area (Å²) in [6.45, 7) is 18.5. The van der Waals surface area contributed by atoms with Gasteiger partial charge in [0.1, 0.15) is 0 Å². The quantitative estimate of drug-likeness (QED) is 0.761. The summed E-state index contributed by atoms with van der Waals surface area (Å²) in [7, 11) is 0. The molecule has 0 saturated carbocycles. The summed E-state index contributed by atoms with van der Waals surface area (Å²) in [5, 5.41) is 0. The Kier molecular flexibility index (Phi) is 4.38. The number of nitrogens with zero attached hydrogens (tertiary/aromatic N) is 2. The van der Waals surface area contributed by atoms with Crippen LogP contribution in [0.2, 0.25) is 0 Å². The Morgan fingerprint density at radius 1 is 1.06 bits per heavy atom. The van der Waals surface area contributed by atoms with Crippen molar-refractivity contribution in [3.05, 3.63) is 0 Å². The van der Waals surface area contributed by atoms with Crippen molar-refractivity contribution in [3.63, 3.8) is 0 Å². The fourth-order valence-electron chi connectivity index (χ4n) is 3.49. The molecular formula is C16H32N2. The molecule has 0 spiro atoms. The molecule has 0 atom stereocenters. The second-order valence-electron chi connectivity index (χ2n) is 7.85. The topological polar surface area (TPSA) is 6.48 Å². The average Bonchev–Trinajstić information content (AvgIpc) is 2.21. The van der Waals surface area contributed by atoms with Crippen LogP contribution in [-0.4, -0.2) is 48.6 Å². The lowest BCUT2D eigenvalue weighted by atomic mass is 9.75. The number of rotatable bonds is 3. The molecule has 0 aromatic heterocycles. The van der Waals surface area contributed by atoms with Crippen LogP contribution in [0.15, 0.2) is 0 Å². The zero-order chi connectivity index (χ0) is 13.3. The van der Waals surface area contributed by atoms with Crippen molar-refractivity contribution in [2.75, 3.05) is 32.7 Å². The predicted molar refractivity (Wildman–Crippen MR) is 78.8 cm³/mol. The van der Waals surface area contributed by atoms with E-state index in [0.717, 1.165) is 17.9 Å². The Labute approximate surface area is 114 Å². The predicted octanol–water partition coefficient (Wildman–Crippen LogP) is 3.08. The fourth-order valence-corrected chi connectivity index (χ4v) is 3.49. The van der Waals surface area contributed by atoms with Crippen LogP contribution in [0.4, 0.5) is 0 Å². The third kappa shape index (κ3) is 3.48. The van der Waals surface area contributed by atoms with E-state index in [4.69, 9.17) is 0 Å². The number of piperidine rings is 1. The standard InChI is InChI=1S/C16H32N2/c1-13(2)18-11-14(12-18)10-17-8-6-15(7-9-17)16(3,4)5/h13-15H,6-12H2,1-5H3. The maximum atomic E-state index is 2.71. The molecule has 2 nitrogen and oxygen atoms in total. The molecule has 2 aliphatic rings. The van der Waals surface area contributed by atoms with Crippen LogP contribution in [0.3, 0.4) is 0 Å². The highest BCUT2D eigenvalue weighted by atomic mass is 15.2. The summed E-state index contributed by atoms with van der Waals surface area (Å²) < 4.78 is 0. The van der Waals surface area contributed by atoms with Gasteiger partial charge in [0.15, 0.2) is 0 Å². The van der Waals surface area contributed by atoms with Gasteiger partial charge >= 0.3 is 0 Å². The molecular weight excluding hydrogens is 220 g/mol. The van der Waals surface area contributed by atoms with Crippen LogP contribution in [0.25, 0.3) is 0 Å². The third-order valence-electron chi connectivity index (χ3n) is 5.04. The van der Waals surface area contributed by atoms with E-state index in [1.165, 1.54) is 45.6 Å². The molecule has 0 radical (unpaired) electrons. The summed E-state index contributed by atoms with van der Waals surface area (Å²) in [4.78, 5) is 5.30. The van der Waals surface area contributed by atoms with Gasteiger partial charge in [-0.1, -0.05) is 20.8 Å². The maximum Gasteiger partial charge on any atom is 0.00388 e. The number of hydrogen-bond donors (Lipinski definition) is 0. The highest BCUT2D eigenvalue weighted by Crippen LogP contribution is 2.34. The highest BCUT2D eigenvalue weighted by molar-refractivity contribution is 4.87. The van der Waals surface area contributed by atoms with Gasteiger partial charge < -0.3 is 9.80 Å². The van der Waals surface area contributed by atoms with Crippen LogP contribution in [0, 0.1) is 17.3 Å². The second-order valence-corrected chi connectivity index (χ2v) is 7.85. The minimum Gasteiger partial charge on any atom is -0.303 e. The van der Waals surface area contributed by atoms with Crippen molar-refractivity contribution < 1.29 is 0 Å². The Hall–Kier alpha value is -0.0800. The van der Waals surface area contributed by atoms with Gasteiger partial charge in [0.2, 0.25) is 0 Å². The summed E-state index contributed by atoms with van der Waals surface area (Å²) in [6, 6.07) is 0.743. The Morgan fingerprint density at radius 2 is 1.61 bits per heavy atom. The second kappa shape index (κ2) is 5.50. The molecule has 2 rings (SSSR count). The lowest BCUT2D eigenvalue weighted by molar-refractivity contribution is 0.0260. The van der Waals surface area contributed by atoms with Gasteiger partial charge in [-0.15, -0.1) is 0 Å². The van der Waals surface area contributed by atoms with Crippen LogP contribution < -0.4 is 0 Å². The molecule has 0 unspecified atom stereocenters. The molecule has 106 valence electrons. The molecule has 0 bridgehead atoms. The molecule has 2 heteroatoms. The lowest BCUT2D eigenvalue weighted by Crippen LogP contribution is -2.54. The summed E-state index contributed by atoms with van der Waals surface area (Å²) >= 11 is 0. The molecule has 18 heavy (non-hydrogen) atoms. The van der Waals surface area contributed by atoms with Crippen LogP contribution in [-0.2, 0) is 0 Å². The molecule has 2 aliphatic heterocycles. The highest BCUT2D eigenvalue weighted by Gasteiger charge is 2.33. The normalized spacial score (nSPS) is 25.7. The van der Waals surface area contributed by atoms with Crippen molar-refractivity contribution in [2.45, 2.75) is 53.5 Å². The van der Waals surface area contributed by atoms with Crippen molar-refractivity contribution in [2.24, 2.45) is 17.3 Å². The summed E-state index contributed by atoms with van der Waals surface area (Å²) in [6.07, 6.45) is 2.81. The first-order chi connectivity index (χ1) is 8.36. The van der Waals surface area contributed by atoms with Crippen molar-refractivity contribution in [1.82, 2.24) is 9.80 Å². The smallest absolute Gasteiger partial charge is 0.00388 e. The van der Waals surface area contributed by atoms with Gasteiger partial charge in [-0.3, -0.25) is 0 Å². The van der Waals surface area contributed by atoms with E-state index in [9.17, 15) is 0 Å². The lowest BCUT2D eigenvalue weighted by Gasteiger charge is -2.46. The van der Waals surface area contributed by atoms with Crippen LogP contribution >= 0.6 is 0 Å². The number of hydrogen-bond acceptors (Lipinski definition) is 2. The van der Waals surface area contributed by atoms with Gasteiger partial charge in [-0.05, 0) is 57.0 Å². The zero-order valence-corrected chi connectivity index (χ0v) is 13.1. The van der Waals surface area contributed by atoms with Gasteiger partial charge in [0.25, 0.3) is 0 Å². The number of likely N-dealkylation sites (tertiary alicyclic amines) is 2. The SMILES string of the molecule is CC(C)N1CC(CN2CCC(C(C)(C)C)CC2)C1. The van der Waals surface area contributed by atoms with Crippen molar-refractivity contribution in [1.29, 1.82) is 0 Å². The first kappa shape index (κ1) is 14.3. The van der Waals surface area contributed by atoms with E-state index in [0.29, 0.717) is 5.41 Å². The third-order valence-corrected chi connectivity index (χ3v) is 5.04. The monoisotopic (exact) mass is 252 g/mol. The van der Waals surface area contributed by atoms with Crippen LogP contribution in [0.1, 0.15) is 47.5 Å². The fraction of sp³-hybridized carbons (Fsp3) is 1.00. The molecule has 2 heterocycles. The van der Waals surface area contributed by atoms with Gasteiger partial charge in [0, 0.05) is 25.7 Å². The minimum absolute atomic E-state index is 0.511. The zero-order valence-electron chi connectivity index (χ0n) is 13.1. The molecule has 2 fully saturated rings. The maximum absolute atomic E-state index is 2.71. The summed E-state index contributed by atoms with van der Waals surface area (Å²) in [5.74, 6) is 1.88. The molecule has 2 saturated heterocycles. The summed E-state index contributed by atoms with van der Waals surface area (Å²) in [5.41, 5.74) is 0.511. The average molecular weight is 252 g/mol. The molecule has 0 N–H and O–H groups in total. The molecule has 0 aromatic rings. The van der Waals surface area contributed by atoms with E-state index in [-0.39, 0.29) is 0 Å². The largest absolute Gasteiger partial charge is 0.303 e. The Morgan fingerprint density at radius 3 is 2.06 bits per heavy atom. The van der Waals surface area contributed by atoms with E-state index in [1.807, 2.05) is 0 Å². The van der Waals surface area contributed by atoms with E-state index in [1.54, 1.807) is 0 Å². The molecule has 0 aliphatic carbocycles.